The molecule has 0 aromatic heterocycles. The SMILES string of the molecule is CCCCCC[N+]1(S(=O)(=O)C(F)(F)C(F)(F)F)CCCC1S(=O)(=O)C(F)(F)C(F)(F)F.CCCCC[N+]1(C)CCCC1. The second-order valence-electron chi connectivity index (χ2n) is 11.3. The Morgan fingerprint density at radius 1 is 0.619 bits per heavy atom. The van der Waals surface area contributed by atoms with Gasteiger partial charge in [0, 0.05) is 25.7 Å². The monoisotopic (exact) mass is 676 g/mol. The molecule has 2 aliphatic rings. The Labute approximate surface area is 241 Å². The third-order valence-corrected chi connectivity index (χ3v) is 12.9. The van der Waals surface area contributed by atoms with Crippen LogP contribution in [0.4, 0.5) is 43.9 Å². The molecule has 2 unspecified atom stereocenters. The van der Waals surface area contributed by atoms with Crippen molar-refractivity contribution in [2.24, 2.45) is 0 Å². The van der Waals surface area contributed by atoms with Crippen LogP contribution in [0.2, 0.25) is 0 Å². The molecule has 0 amide bonds. The highest BCUT2D eigenvalue weighted by atomic mass is 32.2. The maximum Gasteiger partial charge on any atom is 0.490 e. The average Bonchev–Trinajstić information content (AvgIpc) is 3.49. The minimum Gasteiger partial charge on any atom is -0.326 e. The fourth-order valence-electron chi connectivity index (χ4n) is 5.55. The van der Waals surface area contributed by atoms with Crippen LogP contribution in [0.25, 0.3) is 0 Å². The van der Waals surface area contributed by atoms with Gasteiger partial charge in [0.2, 0.25) is 5.37 Å². The molecule has 2 fully saturated rings. The highest BCUT2D eigenvalue weighted by Crippen LogP contribution is 2.52. The average molecular weight is 677 g/mol. The largest absolute Gasteiger partial charge is 0.490 e. The minimum absolute atomic E-state index is 0.00790. The zero-order chi connectivity index (χ0) is 32.9. The summed E-state index contributed by atoms with van der Waals surface area (Å²) in [6.07, 6.45) is -8.16. The first-order valence-corrected chi connectivity index (χ1v) is 17.0. The number of rotatable bonds is 13. The lowest BCUT2D eigenvalue weighted by atomic mass is 10.2. The zero-order valence-electron chi connectivity index (χ0n) is 24.0. The van der Waals surface area contributed by atoms with Crippen LogP contribution < -0.4 is 0 Å². The van der Waals surface area contributed by atoms with Gasteiger partial charge in [-0.05, 0) is 25.7 Å². The molecule has 252 valence electrons. The molecule has 0 aliphatic carbocycles. The van der Waals surface area contributed by atoms with Gasteiger partial charge in [-0.3, -0.25) is 0 Å². The van der Waals surface area contributed by atoms with E-state index in [1.165, 1.54) is 56.2 Å². The van der Waals surface area contributed by atoms with Gasteiger partial charge in [-0.25, -0.2) is 8.42 Å². The maximum atomic E-state index is 13.9. The van der Waals surface area contributed by atoms with Gasteiger partial charge >= 0.3 is 32.9 Å². The normalized spacial score (nSPS) is 24.0. The second-order valence-corrected chi connectivity index (χ2v) is 15.6. The fourth-order valence-corrected chi connectivity index (χ4v) is 9.99. The van der Waals surface area contributed by atoms with E-state index in [4.69, 9.17) is 0 Å². The van der Waals surface area contributed by atoms with Gasteiger partial charge in [-0.2, -0.15) is 56.2 Å². The van der Waals surface area contributed by atoms with E-state index < -0.39 is 84.3 Å². The third kappa shape index (κ3) is 7.85. The van der Waals surface area contributed by atoms with Crippen molar-refractivity contribution < 1.29 is 69.1 Å². The Balaban J connectivity index is 0.000000666. The summed E-state index contributed by atoms with van der Waals surface area (Å²) >= 11 is 0. The molecule has 0 spiro atoms. The number of alkyl halides is 10. The molecule has 2 rings (SSSR count). The Hall–Kier alpha value is -0.880. The van der Waals surface area contributed by atoms with E-state index in [0.717, 1.165) is 0 Å². The second kappa shape index (κ2) is 14.0. The van der Waals surface area contributed by atoms with Crippen LogP contribution in [0.5, 0.6) is 0 Å². The first-order valence-electron chi connectivity index (χ1n) is 14.0. The van der Waals surface area contributed by atoms with Gasteiger partial charge in [0.1, 0.15) is 0 Å². The molecular formula is C24H42F10N2O4S2+2. The number of quaternary nitrogens is 2. The van der Waals surface area contributed by atoms with Crippen LogP contribution in [-0.2, 0) is 19.9 Å². The fraction of sp³-hybridized carbons (Fsp3) is 1.00. The van der Waals surface area contributed by atoms with Crippen molar-refractivity contribution in [3.8, 4) is 0 Å². The Kier molecular flexibility index (Phi) is 13.1. The van der Waals surface area contributed by atoms with Gasteiger partial charge in [0.15, 0.2) is 0 Å². The Morgan fingerprint density at radius 3 is 1.52 bits per heavy atom. The molecule has 2 aliphatic heterocycles. The summed E-state index contributed by atoms with van der Waals surface area (Å²) in [5.74, 6) is 0. The summed E-state index contributed by atoms with van der Waals surface area (Å²) in [7, 11) is -11.5. The van der Waals surface area contributed by atoms with E-state index in [1.807, 2.05) is 0 Å². The van der Waals surface area contributed by atoms with Gasteiger partial charge in [0.25, 0.3) is 9.84 Å². The van der Waals surface area contributed by atoms with Crippen LogP contribution >= 0.6 is 0 Å². The first-order chi connectivity index (χ1) is 18.9. The van der Waals surface area contributed by atoms with Gasteiger partial charge in [-0.1, -0.05) is 33.1 Å². The molecule has 0 radical (unpaired) electrons. The molecule has 6 nitrogen and oxygen atoms in total. The third-order valence-electron chi connectivity index (χ3n) is 8.03. The Bertz CT molecular complexity index is 1070. The molecule has 0 saturated carbocycles. The quantitative estimate of drug-likeness (QED) is 0.120. The van der Waals surface area contributed by atoms with Crippen LogP contribution in [0.15, 0.2) is 0 Å². The number of likely N-dealkylation sites (tertiary alicyclic amines) is 2. The molecule has 18 heteroatoms. The van der Waals surface area contributed by atoms with Crippen molar-refractivity contribution in [1.29, 1.82) is 0 Å². The smallest absolute Gasteiger partial charge is 0.326 e. The molecule has 0 N–H and O–H groups in total. The van der Waals surface area contributed by atoms with Crippen LogP contribution in [0.3, 0.4) is 0 Å². The van der Waals surface area contributed by atoms with Crippen molar-refractivity contribution in [3.63, 3.8) is 0 Å². The maximum absolute atomic E-state index is 13.9. The van der Waals surface area contributed by atoms with Crippen LogP contribution in [-0.4, -0.2) is 93.2 Å². The van der Waals surface area contributed by atoms with E-state index in [2.05, 4.69) is 14.0 Å². The lowest BCUT2D eigenvalue weighted by Crippen LogP contribution is -2.68. The predicted octanol–water partition coefficient (Wildman–Crippen LogP) is 6.98. The number of sulfone groups is 1. The van der Waals surface area contributed by atoms with Crippen LogP contribution in [0, 0.1) is 0 Å². The van der Waals surface area contributed by atoms with Crippen molar-refractivity contribution >= 4 is 19.9 Å². The van der Waals surface area contributed by atoms with Crippen LogP contribution in [0.1, 0.15) is 84.5 Å². The molecule has 0 aromatic rings. The van der Waals surface area contributed by atoms with Crippen molar-refractivity contribution in [3.05, 3.63) is 0 Å². The summed E-state index contributed by atoms with van der Waals surface area (Å²) in [6, 6.07) is 0. The van der Waals surface area contributed by atoms with E-state index in [9.17, 15) is 60.7 Å². The standard InChI is InChI=1S/C14H20F10NO4S2.C10H22N/c1-2-3-4-5-8-25(31(28,29)14(23,24)12(18,19)20)9-6-7-10(25)30(26,27)13(21,22)11(15,16)17;1-3-4-5-8-11(2)9-6-7-10-11/h10H,2-9H2,1H3;3-10H2,1-2H3/q2*+1. The lowest BCUT2D eigenvalue weighted by Gasteiger charge is -2.40. The summed E-state index contributed by atoms with van der Waals surface area (Å²) in [5.41, 5.74) is 0. The lowest BCUT2D eigenvalue weighted by molar-refractivity contribution is -0.897. The number of halogens is 10. The summed E-state index contributed by atoms with van der Waals surface area (Å²) < 4.78 is 180. The number of nitrogens with zero attached hydrogens (tertiary/aromatic N) is 2. The van der Waals surface area contributed by atoms with Gasteiger partial charge in [-0.15, -0.1) is 0 Å². The first kappa shape index (κ1) is 39.1. The number of unbranched alkanes of at least 4 members (excludes halogenated alkanes) is 5. The highest BCUT2D eigenvalue weighted by molar-refractivity contribution is 7.94. The molecular weight excluding hydrogens is 634 g/mol. The molecule has 42 heavy (non-hydrogen) atoms. The minimum atomic E-state index is -6.98. The van der Waals surface area contributed by atoms with E-state index in [1.54, 1.807) is 6.92 Å². The molecule has 2 heterocycles. The topological polar surface area (TPSA) is 68.3 Å². The van der Waals surface area contributed by atoms with Gasteiger partial charge < -0.3 is 4.48 Å². The van der Waals surface area contributed by atoms with Crippen molar-refractivity contribution in [2.45, 2.75) is 113 Å². The number of hydrogen-bond donors (Lipinski definition) is 0. The highest BCUT2D eigenvalue weighted by Gasteiger charge is 2.80. The van der Waals surface area contributed by atoms with Crippen molar-refractivity contribution in [2.75, 3.05) is 39.8 Å². The van der Waals surface area contributed by atoms with E-state index in [0.29, 0.717) is 12.8 Å². The molecule has 0 bridgehead atoms. The van der Waals surface area contributed by atoms with Crippen molar-refractivity contribution in [1.82, 2.24) is 0 Å². The van der Waals surface area contributed by atoms with E-state index >= 15 is 0 Å². The molecule has 2 saturated heterocycles. The number of hydrogen-bond acceptors (Lipinski definition) is 4. The predicted molar refractivity (Wildman–Crippen MR) is 137 cm³/mol. The molecule has 2 atom stereocenters. The summed E-state index contributed by atoms with van der Waals surface area (Å²) in [6.45, 7) is 5.61. The summed E-state index contributed by atoms with van der Waals surface area (Å²) in [4.78, 5) is 0. The number of sulfonamides is 1. The zero-order valence-corrected chi connectivity index (χ0v) is 25.6. The summed E-state index contributed by atoms with van der Waals surface area (Å²) in [5, 5.41) is -16.5. The van der Waals surface area contributed by atoms with Gasteiger partial charge in [0.05, 0.1) is 39.8 Å². The Morgan fingerprint density at radius 2 is 1.07 bits per heavy atom. The van der Waals surface area contributed by atoms with E-state index in [-0.39, 0.29) is 6.42 Å². The molecule has 0 aromatic carbocycles.